The Hall–Kier alpha value is -3.74. The fourth-order valence-corrected chi connectivity index (χ4v) is 2.62. The molecule has 1 aromatic heterocycles. The lowest BCUT2D eigenvalue weighted by Gasteiger charge is -2.09. The van der Waals surface area contributed by atoms with Gasteiger partial charge in [-0.25, -0.2) is 14.8 Å². The molecule has 7 nitrogen and oxygen atoms in total. The Morgan fingerprint density at radius 2 is 1.62 bits per heavy atom. The standard InChI is InChI=1S/C22H22N4O3/c1-3-15-5-9-17(10-6-15)25-20-13-19(23-14-24-20)21(27)26-18-11-7-16(8-12-18)22(28)29-4-2/h5-14H,3-4H2,1-2H3,(H,26,27)(H,23,24,25). The van der Waals surface area contributed by atoms with Crippen LogP contribution in [0, 0.1) is 0 Å². The summed E-state index contributed by atoms with van der Waals surface area (Å²) in [6.07, 6.45) is 2.31. The number of amides is 1. The molecule has 3 rings (SSSR count). The zero-order valence-electron chi connectivity index (χ0n) is 16.3. The molecule has 3 aromatic rings. The number of carbonyl (C=O) groups is 2. The smallest absolute Gasteiger partial charge is 0.338 e. The highest BCUT2D eigenvalue weighted by molar-refractivity contribution is 6.03. The van der Waals surface area contributed by atoms with Crippen molar-refractivity contribution in [1.29, 1.82) is 0 Å². The number of nitrogens with zero attached hydrogens (tertiary/aromatic N) is 2. The third-order valence-electron chi connectivity index (χ3n) is 4.19. The van der Waals surface area contributed by atoms with Gasteiger partial charge in [0.1, 0.15) is 17.8 Å². The maximum absolute atomic E-state index is 12.5. The molecule has 0 unspecified atom stereocenters. The molecule has 2 N–H and O–H groups in total. The molecule has 0 saturated heterocycles. The highest BCUT2D eigenvalue weighted by Crippen LogP contribution is 2.17. The van der Waals surface area contributed by atoms with E-state index in [9.17, 15) is 9.59 Å². The molecule has 0 spiro atoms. The van der Waals surface area contributed by atoms with E-state index in [1.54, 1.807) is 37.3 Å². The van der Waals surface area contributed by atoms with E-state index < -0.39 is 5.97 Å². The van der Waals surface area contributed by atoms with E-state index in [1.165, 1.54) is 11.9 Å². The Bertz CT molecular complexity index is 986. The van der Waals surface area contributed by atoms with Gasteiger partial charge in [0.2, 0.25) is 0 Å². The lowest BCUT2D eigenvalue weighted by molar-refractivity contribution is 0.0526. The number of aryl methyl sites for hydroxylation is 1. The predicted molar refractivity (Wildman–Crippen MR) is 111 cm³/mol. The summed E-state index contributed by atoms with van der Waals surface area (Å²) in [5.41, 5.74) is 3.31. The van der Waals surface area contributed by atoms with Gasteiger partial charge in [-0.1, -0.05) is 19.1 Å². The molecule has 0 radical (unpaired) electrons. The highest BCUT2D eigenvalue weighted by atomic mass is 16.5. The maximum atomic E-state index is 12.5. The van der Waals surface area contributed by atoms with Crippen molar-refractivity contribution in [2.45, 2.75) is 20.3 Å². The van der Waals surface area contributed by atoms with Gasteiger partial charge in [0, 0.05) is 17.4 Å². The minimum Gasteiger partial charge on any atom is -0.462 e. The van der Waals surface area contributed by atoms with Gasteiger partial charge in [-0.2, -0.15) is 0 Å². The Labute approximate surface area is 169 Å². The number of rotatable bonds is 7. The summed E-state index contributed by atoms with van der Waals surface area (Å²) < 4.78 is 4.94. The largest absolute Gasteiger partial charge is 0.462 e. The van der Waals surface area contributed by atoms with E-state index in [-0.39, 0.29) is 11.6 Å². The molecule has 7 heteroatoms. The van der Waals surface area contributed by atoms with E-state index in [0.717, 1.165) is 12.1 Å². The molecule has 0 bridgehead atoms. The van der Waals surface area contributed by atoms with Gasteiger partial charge in [-0.05, 0) is 55.3 Å². The minimum absolute atomic E-state index is 0.224. The first-order valence-electron chi connectivity index (χ1n) is 9.35. The summed E-state index contributed by atoms with van der Waals surface area (Å²) in [5.74, 6) is -0.253. The van der Waals surface area contributed by atoms with E-state index in [2.05, 4.69) is 27.5 Å². The summed E-state index contributed by atoms with van der Waals surface area (Å²) >= 11 is 0. The summed E-state index contributed by atoms with van der Waals surface area (Å²) in [7, 11) is 0. The molecule has 0 aliphatic heterocycles. The number of aromatic nitrogens is 2. The van der Waals surface area contributed by atoms with Crippen LogP contribution in [0.1, 0.15) is 40.3 Å². The number of ether oxygens (including phenoxy) is 1. The van der Waals surface area contributed by atoms with Gasteiger partial charge in [-0.3, -0.25) is 4.79 Å². The number of nitrogens with one attached hydrogen (secondary N) is 2. The molecule has 0 aliphatic rings. The number of anilines is 3. The molecule has 1 amide bonds. The second-order valence-electron chi connectivity index (χ2n) is 6.22. The van der Waals surface area contributed by atoms with Crippen LogP contribution < -0.4 is 10.6 Å². The SMILES string of the molecule is CCOC(=O)c1ccc(NC(=O)c2cc(Nc3ccc(CC)cc3)ncn2)cc1. The van der Waals surface area contributed by atoms with Crippen molar-refractivity contribution in [2.75, 3.05) is 17.2 Å². The first-order chi connectivity index (χ1) is 14.1. The van der Waals surface area contributed by atoms with Crippen LogP contribution in [0.5, 0.6) is 0 Å². The molecule has 0 saturated carbocycles. The van der Waals surface area contributed by atoms with Crippen LogP contribution in [0.3, 0.4) is 0 Å². The third kappa shape index (κ3) is 5.38. The van der Waals surface area contributed by atoms with Crippen LogP contribution in [0.4, 0.5) is 17.2 Å². The van der Waals surface area contributed by atoms with E-state index >= 15 is 0 Å². The fraction of sp³-hybridized carbons (Fsp3) is 0.182. The zero-order valence-corrected chi connectivity index (χ0v) is 16.3. The number of hydrogen-bond donors (Lipinski definition) is 2. The summed E-state index contributed by atoms with van der Waals surface area (Å²) in [5, 5.41) is 5.92. The van der Waals surface area contributed by atoms with E-state index in [0.29, 0.717) is 23.7 Å². The van der Waals surface area contributed by atoms with Gasteiger partial charge in [-0.15, -0.1) is 0 Å². The lowest BCUT2D eigenvalue weighted by Crippen LogP contribution is -2.14. The Morgan fingerprint density at radius 3 is 2.28 bits per heavy atom. The second-order valence-corrected chi connectivity index (χ2v) is 6.22. The molecule has 2 aromatic carbocycles. The highest BCUT2D eigenvalue weighted by Gasteiger charge is 2.11. The fourth-order valence-electron chi connectivity index (χ4n) is 2.62. The van der Waals surface area contributed by atoms with Crippen LogP contribution in [0.15, 0.2) is 60.9 Å². The van der Waals surface area contributed by atoms with Crippen LogP contribution in [-0.4, -0.2) is 28.5 Å². The lowest BCUT2D eigenvalue weighted by atomic mass is 10.1. The van der Waals surface area contributed by atoms with Crippen LogP contribution in [0.2, 0.25) is 0 Å². The Morgan fingerprint density at radius 1 is 0.931 bits per heavy atom. The summed E-state index contributed by atoms with van der Waals surface area (Å²) in [6.45, 7) is 4.16. The average Bonchev–Trinajstić information content (AvgIpc) is 2.75. The van der Waals surface area contributed by atoms with Gasteiger partial charge in [0.05, 0.1) is 12.2 Å². The Kier molecular flexibility index (Phi) is 6.52. The average molecular weight is 390 g/mol. The maximum Gasteiger partial charge on any atom is 0.338 e. The van der Waals surface area contributed by atoms with Gasteiger partial charge in [0.25, 0.3) is 5.91 Å². The van der Waals surface area contributed by atoms with Gasteiger partial charge < -0.3 is 15.4 Å². The number of esters is 1. The summed E-state index contributed by atoms with van der Waals surface area (Å²) in [4.78, 5) is 32.4. The Balaban J connectivity index is 1.66. The predicted octanol–water partition coefficient (Wildman–Crippen LogP) is 4.21. The number of hydrogen-bond acceptors (Lipinski definition) is 6. The molecule has 0 atom stereocenters. The van der Waals surface area contributed by atoms with Crippen LogP contribution in [-0.2, 0) is 11.2 Å². The first kappa shape index (κ1) is 20.0. The van der Waals surface area contributed by atoms with Crippen molar-refractivity contribution in [3.8, 4) is 0 Å². The molecule has 0 aliphatic carbocycles. The van der Waals surface area contributed by atoms with Crippen molar-refractivity contribution >= 4 is 29.1 Å². The van der Waals surface area contributed by atoms with Crippen LogP contribution >= 0.6 is 0 Å². The molecule has 1 heterocycles. The quantitative estimate of drug-likeness (QED) is 0.587. The van der Waals surface area contributed by atoms with Crippen molar-refractivity contribution in [1.82, 2.24) is 9.97 Å². The van der Waals surface area contributed by atoms with Crippen molar-refractivity contribution in [3.63, 3.8) is 0 Å². The monoisotopic (exact) mass is 390 g/mol. The molecule has 0 fully saturated rings. The second kappa shape index (κ2) is 9.45. The van der Waals surface area contributed by atoms with Gasteiger partial charge in [0.15, 0.2) is 0 Å². The van der Waals surface area contributed by atoms with Crippen molar-refractivity contribution in [3.05, 3.63) is 77.7 Å². The van der Waals surface area contributed by atoms with E-state index in [1.807, 2.05) is 24.3 Å². The van der Waals surface area contributed by atoms with Crippen molar-refractivity contribution in [2.24, 2.45) is 0 Å². The van der Waals surface area contributed by atoms with Gasteiger partial charge >= 0.3 is 5.97 Å². The topological polar surface area (TPSA) is 93.2 Å². The van der Waals surface area contributed by atoms with Crippen LogP contribution in [0.25, 0.3) is 0 Å². The number of benzene rings is 2. The first-order valence-corrected chi connectivity index (χ1v) is 9.35. The third-order valence-corrected chi connectivity index (χ3v) is 4.19. The minimum atomic E-state index is -0.399. The normalized spacial score (nSPS) is 10.3. The zero-order chi connectivity index (χ0) is 20.6. The van der Waals surface area contributed by atoms with E-state index in [4.69, 9.17) is 4.74 Å². The molecule has 148 valence electrons. The number of carbonyl (C=O) groups excluding carboxylic acids is 2. The summed E-state index contributed by atoms with van der Waals surface area (Å²) in [6, 6.07) is 16.1. The molecule has 29 heavy (non-hydrogen) atoms. The molecular formula is C22H22N4O3. The van der Waals surface area contributed by atoms with Crippen molar-refractivity contribution < 1.29 is 14.3 Å². The molecular weight excluding hydrogens is 368 g/mol.